The fourth-order valence-corrected chi connectivity index (χ4v) is 1.57. The molecule has 1 aromatic carbocycles. The zero-order valence-electron chi connectivity index (χ0n) is 9.57. The predicted molar refractivity (Wildman–Crippen MR) is 63.1 cm³/mol. The summed E-state index contributed by atoms with van der Waals surface area (Å²) in [7, 11) is 1.42. The molecular weight excluding hydrogens is 221 g/mol. The van der Waals surface area contributed by atoms with Crippen molar-refractivity contribution in [2.45, 2.75) is 6.92 Å². The van der Waals surface area contributed by atoms with E-state index in [0.717, 1.165) is 5.69 Å². The van der Waals surface area contributed by atoms with Gasteiger partial charge in [-0.25, -0.2) is 14.4 Å². The number of ether oxygens (including phenoxy) is 1. The van der Waals surface area contributed by atoms with Gasteiger partial charge in [-0.3, -0.25) is 0 Å². The molecule has 2 rings (SSSR count). The number of nitrogens with two attached hydrogens (primary N) is 1. The average molecular weight is 233 g/mol. The second-order valence-corrected chi connectivity index (χ2v) is 3.60. The molecule has 0 fully saturated rings. The summed E-state index contributed by atoms with van der Waals surface area (Å²) in [5, 5.41) is 0. The first-order valence-electron chi connectivity index (χ1n) is 5.05. The maximum Gasteiger partial charge on any atom is 0.220 e. The Morgan fingerprint density at radius 3 is 2.59 bits per heavy atom. The van der Waals surface area contributed by atoms with Crippen molar-refractivity contribution in [2.75, 3.05) is 12.8 Å². The van der Waals surface area contributed by atoms with E-state index in [1.807, 2.05) is 0 Å². The molecule has 0 atom stereocenters. The highest BCUT2D eigenvalue weighted by Crippen LogP contribution is 2.24. The van der Waals surface area contributed by atoms with Gasteiger partial charge in [0.25, 0.3) is 0 Å². The topological polar surface area (TPSA) is 61.0 Å². The summed E-state index contributed by atoms with van der Waals surface area (Å²) in [6.07, 6.45) is 0. The van der Waals surface area contributed by atoms with E-state index in [9.17, 15) is 4.39 Å². The lowest BCUT2D eigenvalue weighted by molar-refractivity contribution is 0.386. The standard InChI is InChI=1S/C12H12FN3O/c1-7-5-10(16-12(14)15-7)8-3-4-11(17-2)9(13)6-8/h3-6H,1-2H3,(H2,14,15,16). The van der Waals surface area contributed by atoms with E-state index >= 15 is 0 Å². The normalized spacial score (nSPS) is 10.3. The van der Waals surface area contributed by atoms with Crippen LogP contribution in [0.1, 0.15) is 5.69 Å². The summed E-state index contributed by atoms with van der Waals surface area (Å²) in [5.41, 5.74) is 7.52. The van der Waals surface area contributed by atoms with E-state index in [1.54, 1.807) is 25.1 Å². The van der Waals surface area contributed by atoms with Crippen molar-refractivity contribution in [1.29, 1.82) is 0 Å². The molecule has 0 saturated heterocycles. The number of rotatable bonds is 2. The Labute approximate surface area is 98.3 Å². The van der Waals surface area contributed by atoms with Crippen LogP contribution in [0.15, 0.2) is 24.3 Å². The lowest BCUT2D eigenvalue weighted by atomic mass is 10.1. The third-order valence-electron chi connectivity index (χ3n) is 2.32. The lowest BCUT2D eigenvalue weighted by Crippen LogP contribution is -1.98. The Bertz CT molecular complexity index is 537. The Balaban J connectivity index is 2.49. The van der Waals surface area contributed by atoms with Crippen LogP contribution in [0.4, 0.5) is 10.3 Å². The van der Waals surface area contributed by atoms with E-state index in [4.69, 9.17) is 10.5 Å². The molecule has 0 aliphatic heterocycles. The van der Waals surface area contributed by atoms with Crippen molar-refractivity contribution in [3.8, 4) is 17.0 Å². The largest absolute Gasteiger partial charge is 0.494 e. The molecule has 0 aliphatic carbocycles. The number of aromatic nitrogens is 2. The highest BCUT2D eigenvalue weighted by atomic mass is 19.1. The summed E-state index contributed by atoms with van der Waals surface area (Å²) in [6, 6.07) is 6.39. The van der Waals surface area contributed by atoms with Gasteiger partial charge in [0.05, 0.1) is 12.8 Å². The zero-order valence-corrected chi connectivity index (χ0v) is 9.57. The summed E-state index contributed by atoms with van der Waals surface area (Å²) < 4.78 is 18.4. The quantitative estimate of drug-likeness (QED) is 0.863. The fourth-order valence-electron chi connectivity index (χ4n) is 1.57. The maximum absolute atomic E-state index is 13.5. The van der Waals surface area contributed by atoms with Gasteiger partial charge < -0.3 is 10.5 Å². The summed E-state index contributed by atoms with van der Waals surface area (Å²) in [5.74, 6) is -0.0523. The second-order valence-electron chi connectivity index (χ2n) is 3.60. The summed E-state index contributed by atoms with van der Waals surface area (Å²) >= 11 is 0. The van der Waals surface area contributed by atoms with Crippen molar-refractivity contribution in [1.82, 2.24) is 9.97 Å². The van der Waals surface area contributed by atoms with E-state index in [2.05, 4.69) is 9.97 Å². The van der Waals surface area contributed by atoms with Crippen LogP contribution in [0, 0.1) is 12.7 Å². The molecule has 1 aromatic heterocycles. The van der Waals surface area contributed by atoms with E-state index in [-0.39, 0.29) is 11.7 Å². The average Bonchev–Trinajstić information content (AvgIpc) is 2.27. The molecule has 0 bridgehead atoms. The van der Waals surface area contributed by atoms with Gasteiger partial charge in [0.1, 0.15) is 0 Å². The first-order valence-corrected chi connectivity index (χ1v) is 5.05. The highest BCUT2D eigenvalue weighted by molar-refractivity contribution is 5.61. The zero-order chi connectivity index (χ0) is 12.4. The maximum atomic E-state index is 13.5. The highest BCUT2D eigenvalue weighted by Gasteiger charge is 2.07. The second kappa shape index (κ2) is 4.37. The van der Waals surface area contributed by atoms with Gasteiger partial charge in [-0.05, 0) is 31.2 Å². The molecule has 0 spiro atoms. The minimum Gasteiger partial charge on any atom is -0.494 e. The molecule has 0 saturated carbocycles. The number of benzene rings is 1. The molecule has 88 valence electrons. The Morgan fingerprint density at radius 1 is 1.24 bits per heavy atom. The molecule has 0 unspecified atom stereocenters. The van der Waals surface area contributed by atoms with Crippen molar-refractivity contribution in [3.05, 3.63) is 35.8 Å². The number of halogens is 1. The molecule has 5 heteroatoms. The Hall–Kier alpha value is -2.17. The third-order valence-corrected chi connectivity index (χ3v) is 2.32. The van der Waals surface area contributed by atoms with Gasteiger partial charge in [0.15, 0.2) is 11.6 Å². The number of methoxy groups -OCH3 is 1. The number of hydrogen-bond donors (Lipinski definition) is 1. The van der Waals surface area contributed by atoms with Crippen LogP contribution in [0.5, 0.6) is 5.75 Å². The molecule has 1 heterocycles. The van der Waals surface area contributed by atoms with Crippen molar-refractivity contribution < 1.29 is 9.13 Å². The van der Waals surface area contributed by atoms with Gasteiger partial charge in [-0.1, -0.05) is 0 Å². The van der Waals surface area contributed by atoms with E-state index in [0.29, 0.717) is 11.3 Å². The fraction of sp³-hybridized carbons (Fsp3) is 0.167. The van der Waals surface area contributed by atoms with Crippen LogP contribution in [-0.4, -0.2) is 17.1 Å². The van der Waals surface area contributed by atoms with Crippen LogP contribution in [0.2, 0.25) is 0 Å². The van der Waals surface area contributed by atoms with Crippen molar-refractivity contribution >= 4 is 5.95 Å². The molecule has 2 N–H and O–H groups in total. The van der Waals surface area contributed by atoms with Crippen molar-refractivity contribution in [3.63, 3.8) is 0 Å². The van der Waals surface area contributed by atoms with Crippen LogP contribution in [0.25, 0.3) is 11.3 Å². The van der Waals surface area contributed by atoms with Crippen LogP contribution in [-0.2, 0) is 0 Å². The Morgan fingerprint density at radius 2 is 2.00 bits per heavy atom. The van der Waals surface area contributed by atoms with Gasteiger partial charge >= 0.3 is 0 Å². The van der Waals surface area contributed by atoms with E-state index < -0.39 is 5.82 Å². The number of nitrogens with zero attached hydrogens (tertiary/aromatic N) is 2. The minimum atomic E-state index is -0.431. The van der Waals surface area contributed by atoms with Crippen LogP contribution < -0.4 is 10.5 Å². The molecule has 17 heavy (non-hydrogen) atoms. The lowest BCUT2D eigenvalue weighted by Gasteiger charge is -2.06. The van der Waals surface area contributed by atoms with Gasteiger partial charge in [-0.15, -0.1) is 0 Å². The molecule has 0 radical (unpaired) electrons. The van der Waals surface area contributed by atoms with Gasteiger partial charge in [0.2, 0.25) is 5.95 Å². The van der Waals surface area contributed by atoms with Gasteiger partial charge in [-0.2, -0.15) is 0 Å². The number of hydrogen-bond acceptors (Lipinski definition) is 4. The van der Waals surface area contributed by atoms with Gasteiger partial charge in [0, 0.05) is 11.3 Å². The molecular formula is C12H12FN3O. The SMILES string of the molecule is COc1ccc(-c2cc(C)nc(N)n2)cc1F. The monoisotopic (exact) mass is 233 g/mol. The first kappa shape index (κ1) is 11.3. The van der Waals surface area contributed by atoms with Crippen LogP contribution >= 0.6 is 0 Å². The molecule has 0 amide bonds. The smallest absolute Gasteiger partial charge is 0.220 e. The van der Waals surface area contributed by atoms with Crippen LogP contribution in [0.3, 0.4) is 0 Å². The first-order chi connectivity index (χ1) is 8.10. The molecule has 0 aliphatic rings. The van der Waals surface area contributed by atoms with E-state index in [1.165, 1.54) is 13.2 Å². The number of nitrogen functional groups attached to an aromatic ring is 1. The number of anilines is 1. The molecule has 2 aromatic rings. The van der Waals surface area contributed by atoms with Crippen molar-refractivity contribution in [2.24, 2.45) is 0 Å². The number of aryl methyl sites for hydroxylation is 1. The molecule has 4 nitrogen and oxygen atoms in total. The third kappa shape index (κ3) is 2.33. The Kier molecular flexibility index (Phi) is 2.91. The summed E-state index contributed by atoms with van der Waals surface area (Å²) in [4.78, 5) is 8.02. The predicted octanol–water partition coefficient (Wildman–Crippen LogP) is 2.18. The summed E-state index contributed by atoms with van der Waals surface area (Å²) in [6.45, 7) is 1.81. The minimum absolute atomic E-state index is 0.177.